The summed E-state index contributed by atoms with van der Waals surface area (Å²) < 4.78 is 17.6. The van der Waals surface area contributed by atoms with Crippen molar-refractivity contribution < 1.29 is 14.2 Å². The molecule has 4 rings (SSSR count). The van der Waals surface area contributed by atoms with E-state index in [0.29, 0.717) is 6.10 Å². The molecule has 1 aromatic carbocycles. The quantitative estimate of drug-likeness (QED) is 0.834. The molecule has 1 atom stereocenters. The van der Waals surface area contributed by atoms with E-state index in [-0.39, 0.29) is 5.79 Å². The van der Waals surface area contributed by atoms with Crippen molar-refractivity contribution in [2.45, 2.75) is 38.1 Å². The van der Waals surface area contributed by atoms with Crippen LogP contribution in [-0.2, 0) is 15.9 Å². The SMILES string of the molecule is Cc1ccc2c(c1)CC(CN1CCC3(CC1)OCCO3)O2. The highest BCUT2D eigenvalue weighted by atomic mass is 16.7. The second-order valence-electron chi connectivity index (χ2n) is 6.46. The molecule has 0 N–H and O–H groups in total. The summed E-state index contributed by atoms with van der Waals surface area (Å²) in [6.45, 7) is 6.72. The van der Waals surface area contributed by atoms with Crippen molar-refractivity contribution in [1.82, 2.24) is 4.90 Å². The predicted molar refractivity (Wildman–Crippen MR) is 79.6 cm³/mol. The van der Waals surface area contributed by atoms with Crippen LogP contribution < -0.4 is 4.74 Å². The van der Waals surface area contributed by atoms with Gasteiger partial charge in [0.15, 0.2) is 5.79 Å². The molecule has 0 radical (unpaired) electrons. The lowest BCUT2D eigenvalue weighted by Crippen LogP contribution is -2.47. The van der Waals surface area contributed by atoms with Gasteiger partial charge in [-0.1, -0.05) is 17.7 Å². The smallest absolute Gasteiger partial charge is 0.170 e. The summed E-state index contributed by atoms with van der Waals surface area (Å²) in [5, 5.41) is 0. The van der Waals surface area contributed by atoms with E-state index in [1.165, 1.54) is 11.1 Å². The molecule has 0 aromatic heterocycles. The average Bonchev–Trinajstić information content (AvgIpc) is 3.08. The Morgan fingerprint density at radius 3 is 2.71 bits per heavy atom. The summed E-state index contributed by atoms with van der Waals surface area (Å²) in [5.74, 6) is 0.800. The fraction of sp³-hybridized carbons (Fsp3) is 0.647. The third kappa shape index (κ3) is 2.68. The van der Waals surface area contributed by atoms with Gasteiger partial charge in [0.25, 0.3) is 0 Å². The molecule has 3 aliphatic rings. The largest absolute Gasteiger partial charge is 0.488 e. The molecule has 0 aliphatic carbocycles. The first-order valence-corrected chi connectivity index (χ1v) is 7.99. The van der Waals surface area contributed by atoms with Gasteiger partial charge in [-0.2, -0.15) is 0 Å². The Morgan fingerprint density at radius 1 is 1.19 bits per heavy atom. The summed E-state index contributed by atoms with van der Waals surface area (Å²) in [4.78, 5) is 2.49. The van der Waals surface area contributed by atoms with E-state index < -0.39 is 0 Å². The normalized spacial score (nSPS) is 27.8. The number of likely N-dealkylation sites (tertiary alicyclic amines) is 1. The van der Waals surface area contributed by atoms with Gasteiger partial charge in [-0.15, -0.1) is 0 Å². The van der Waals surface area contributed by atoms with E-state index in [1.54, 1.807) is 0 Å². The van der Waals surface area contributed by atoms with Gasteiger partial charge in [-0.05, 0) is 18.6 Å². The topological polar surface area (TPSA) is 30.9 Å². The van der Waals surface area contributed by atoms with Crippen molar-refractivity contribution >= 4 is 0 Å². The number of rotatable bonds is 2. The minimum Gasteiger partial charge on any atom is -0.488 e. The zero-order chi connectivity index (χ0) is 14.3. The molecule has 2 saturated heterocycles. The second-order valence-corrected chi connectivity index (χ2v) is 6.46. The van der Waals surface area contributed by atoms with Crippen LogP contribution in [0.3, 0.4) is 0 Å². The van der Waals surface area contributed by atoms with Gasteiger partial charge in [-0.3, -0.25) is 4.90 Å². The standard InChI is InChI=1S/C17H23NO3/c1-13-2-3-16-14(10-13)11-15(21-16)12-18-6-4-17(5-7-18)19-8-9-20-17/h2-3,10,15H,4-9,11-12H2,1H3. The molecule has 4 nitrogen and oxygen atoms in total. The van der Waals surface area contributed by atoms with E-state index >= 15 is 0 Å². The summed E-state index contributed by atoms with van der Waals surface area (Å²) in [6.07, 6.45) is 3.28. The summed E-state index contributed by atoms with van der Waals surface area (Å²) in [6, 6.07) is 6.48. The summed E-state index contributed by atoms with van der Waals surface area (Å²) in [5.41, 5.74) is 2.67. The summed E-state index contributed by atoms with van der Waals surface area (Å²) >= 11 is 0. The number of ether oxygens (including phenoxy) is 3. The van der Waals surface area contributed by atoms with Gasteiger partial charge < -0.3 is 14.2 Å². The Labute approximate surface area is 126 Å². The van der Waals surface area contributed by atoms with Crippen LogP contribution in [0.15, 0.2) is 18.2 Å². The van der Waals surface area contributed by atoms with Crippen molar-refractivity contribution in [2.24, 2.45) is 0 Å². The molecular weight excluding hydrogens is 266 g/mol. The molecule has 21 heavy (non-hydrogen) atoms. The molecule has 3 aliphatic heterocycles. The first kappa shape index (κ1) is 13.6. The third-order valence-electron chi connectivity index (χ3n) is 4.85. The maximum Gasteiger partial charge on any atom is 0.170 e. The molecule has 4 heteroatoms. The molecule has 1 aromatic rings. The van der Waals surface area contributed by atoms with Gasteiger partial charge in [0.2, 0.25) is 0 Å². The number of nitrogens with zero attached hydrogens (tertiary/aromatic N) is 1. The molecule has 0 amide bonds. The Balaban J connectivity index is 1.32. The Morgan fingerprint density at radius 2 is 1.95 bits per heavy atom. The van der Waals surface area contributed by atoms with Gasteiger partial charge in [0.1, 0.15) is 11.9 Å². The van der Waals surface area contributed by atoms with Crippen LogP contribution in [0.25, 0.3) is 0 Å². The van der Waals surface area contributed by atoms with E-state index in [1.807, 2.05) is 0 Å². The molecule has 3 heterocycles. The van der Waals surface area contributed by atoms with Crippen molar-refractivity contribution in [3.05, 3.63) is 29.3 Å². The first-order chi connectivity index (χ1) is 10.2. The van der Waals surface area contributed by atoms with Crippen LogP contribution >= 0.6 is 0 Å². The third-order valence-corrected chi connectivity index (χ3v) is 4.85. The van der Waals surface area contributed by atoms with Crippen molar-refractivity contribution in [1.29, 1.82) is 0 Å². The van der Waals surface area contributed by atoms with Crippen molar-refractivity contribution in [2.75, 3.05) is 32.8 Å². The van der Waals surface area contributed by atoms with Crippen LogP contribution in [0.1, 0.15) is 24.0 Å². The van der Waals surface area contributed by atoms with Crippen molar-refractivity contribution in [3.8, 4) is 5.75 Å². The predicted octanol–water partition coefficient (Wildman–Crippen LogP) is 2.14. The molecule has 2 fully saturated rings. The molecule has 1 spiro atoms. The maximum absolute atomic E-state index is 6.08. The maximum atomic E-state index is 6.08. The van der Waals surface area contributed by atoms with Crippen LogP contribution in [0.4, 0.5) is 0 Å². The number of fused-ring (bicyclic) bond motifs is 1. The average molecular weight is 289 g/mol. The van der Waals surface area contributed by atoms with Crippen LogP contribution in [0.5, 0.6) is 5.75 Å². The highest BCUT2D eigenvalue weighted by Gasteiger charge is 2.40. The Kier molecular flexibility index (Phi) is 3.40. The van der Waals surface area contributed by atoms with Gasteiger partial charge in [0, 0.05) is 38.9 Å². The number of aryl methyl sites for hydroxylation is 1. The minimum atomic E-state index is -0.271. The zero-order valence-corrected chi connectivity index (χ0v) is 12.6. The highest BCUT2D eigenvalue weighted by Crippen LogP contribution is 2.33. The molecule has 1 unspecified atom stereocenters. The number of hydrogen-bond donors (Lipinski definition) is 0. The first-order valence-electron chi connectivity index (χ1n) is 7.99. The fourth-order valence-corrected chi connectivity index (χ4v) is 3.70. The number of piperidine rings is 1. The molecular formula is C17H23NO3. The van der Waals surface area contributed by atoms with Gasteiger partial charge >= 0.3 is 0 Å². The minimum absolute atomic E-state index is 0.271. The van der Waals surface area contributed by atoms with Gasteiger partial charge in [-0.25, -0.2) is 0 Å². The fourth-order valence-electron chi connectivity index (χ4n) is 3.70. The van der Waals surface area contributed by atoms with Crippen LogP contribution in [0, 0.1) is 6.92 Å². The number of benzene rings is 1. The zero-order valence-electron chi connectivity index (χ0n) is 12.6. The lowest BCUT2D eigenvalue weighted by molar-refractivity contribution is -0.186. The Hall–Kier alpha value is -1.10. The lowest BCUT2D eigenvalue weighted by Gasteiger charge is -2.38. The van der Waals surface area contributed by atoms with Crippen molar-refractivity contribution in [3.63, 3.8) is 0 Å². The summed E-state index contributed by atoms with van der Waals surface area (Å²) in [7, 11) is 0. The van der Waals surface area contributed by atoms with Crippen LogP contribution in [0.2, 0.25) is 0 Å². The monoisotopic (exact) mass is 289 g/mol. The second kappa shape index (κ2) is 5.27. The molecule has 114 valence electrons. The lowest BCUT2D eigenvalue weighted by atomic mass is 10.0. The Bertz CT molecular complexity index is 515. The van der Waals surface area contributed by atoms with E-state index in [0.717, 1.165) is 57.9 Å². The highest BCUT2D eigenvalue weighted by molar-refractivity contribution is 5.40. The van der Waals surface area contributed by atoms with E-state index in [2.05, 4.69) is 30.0 Å². The van der Waals surface area contributed by atoms with Crippen LogP contribution in [-0.4, -0.2) is 49.6 Å². The number of hydrogen-bond acceptors (Lipinski definition) is 4. The van der Waals surface area contributed by atoms with E-state index in [4.69, 9.17) is 14.2 Å². The van der Waals surface area contributed by atoms with E-state index in [9.17, 15) is 0 Å². The van der Waals surface area contributed by atoms with Gasteiger partial charge in [0.05, 0.1) is 13.2 Å². The molecule has 0 saturated carbocycles. The molecule has 0 bridgehead atoms.